The molecule has 1 N–H and O–H groups in total. The number of aryl methyl sites for hydroxylation is 2. The zero-order valence-corrected chi connectivity index (χ0v) is 17.4. The number of anilines is 1. The molecule has 0 spiro atoms. The first-order valence-corrected chi connectivity index (χ1v) is 10.2. The van der Waals surface area contributed by atoms with Gasteiger partial charge in [0.05, 0.1) is 29.3 Å². The van der Waals surface area contributed by atoms with Crippen molar-refractivity contribution in [2.24, 2.45) is 0 Å². The van der Waals surface area contributed by atoms with Crippen molar-refractivity contribution in [2.75, 3.05) is 18.9 Å². The summed E-state index contributed by atoms with van der Waals surface area (Å²) < 4.78 is 1.88. The predicted octanol–water partition coefficient (Wildman–Crippen LogP) is 4.44. The van der Waals surface area contributed by atoms with Gasteiger partial charge in [-0.15, -0.1) is 0 Å². The fourth-order valence-corrected chi connectivity index (χ4v) is 4.35. The molecule has 1 amide bonds. The van der Waals surface area contributed by atoms with E-state index >= 15 is 0 Å². The van der Waals surface area contributed by atoms with Crippen LogP contribution >= 0.6 is 0 Å². The molecule has 0 bridgehead atoms. The summed E-state index contributed by atoms with van der Waals surface area (Å²) in [6.07, 6.45) is 3.38. The highest BCUT2D eigenvalue weighted by Gasteiger charge is 2.25. The molecule has 0 fully saturated rings. The highest BCUT2D eigenvalue weighted by molar-refractivity contribution is 5.93. The maximum absolute atomic E-state index is 12.8. The Balaban J connectivity index is 1.48. The number of hydrogen-bond acceptors (Lipinski definition) is 3. The van der Waals surface area contributed by atoms with Crippen LogP contribution in [0.4, 0.5) is 5.69 Å². The zero-order valence-electron chi connectivity index (χ0n) is 17.4. The number of amides is 1. The number of carbonyl (C=O) groups is 1. The summed E-state index contributed by atoms with van der Waals surface area (Å²) in [7, 11) is 2.04. The van der Waals surface area contributed by atoms with Gasteiger partial charge in [-0.2, -0.15) is 5.10 Å². The third-order valence-corrected chi connectivity index (χ3v) is 5.82. The lowest BCUT2D eigenvalue weighted by atomic mass is 9.87. The minimum absolute atomic E-state index is 0.00522. The lowest BCUT2D eigenvalue weighted by Crippen LogP contribution is -2.35. The molecule has 0 saturated carbocycles. The predicted molar refractivity (Wildman–Crippen MR) is 116 cm³/mol. The highest BCUT2D eigenvalue weighted by atomic mass is 16.2. The number of para-hydroxylation sites is 1. The Bertz CT molecular complexity index is 1010. The Labute approximate surface area is 172 Å². The van der Waals surface area contributed by atoms with Gasteiger partial charge in [-0.05, 0) is 63.4 Å². The van der Waals surface area contributed by atoms with Crippen molar-refractivity contribution >= 4 is 11.6 Å². The second kappa shape index (κ2) is 8.21. The largest absolute Gasteiger partial charge is 0.322 e. The van der Waals surface area contributed by atoms with Crippen molar-refractivity contribution in [1.29, 1.82) is 0 Å². The van der Waals surface area contributed by atoms with E-state index in [0.29, 0.717) is 12.6 Å². The molecule has 29 heavy (non-hydrogen) atoms. The SMILES string of the molecule is Cc1nn(-c2ccccc2)c(C)c1NC(=O)CN(C)[C@H]1CCCc2ccccc21. The monoisotopic (exact) mass is 388 g/mol. The summed E-state index contributed by atoms with van der Waals surface area (Å²) in [5.41, 5.74) is 6.32. The first kappa shape index (κ1) is 19.4. The number of carbonyl (C=O) groups excluding carboxylic acids is 1. The fourth-order valence-electron chi connectivity index (χ4n) is 4.35. The summed E-state index contributed by atoms with van der Waals surface area (Å²) in [6, 6.07) is 18.9. The first-order chi connectivity index (χ1) is 14.0. The molecule has 5 heteroatoms. The standard InChI is InChI=1S/C24H28N4O/c1-17-24(18(2)28(26-17)20-12-5-4-6-13-20)25-23(29)16-27(3)22-15-9-11-19-10-7-8-14-21(19)22/h4-8,10,12-14,22H,9,11,15-16H2,1-3H3,(H,25,29)/t22-/m0/s1. The number of nitrogens with zero attached hydrogens (tertiary/aromatic N) is 3. The van der Waals surface area contributed by atoms with Crippen LogP contribution in [0.5, 0.6) is 0 Å². The summed E-state index contributed by atoms with van der Waals surface area (Å²) >= 11 is 0. The van der Waals surface area contributed by atoms with E-state index in [1.807, 2.05) is 55.9 Å². The third-order valence-electron chi connectivity index (χ3n) is 5.82. The summed E-state index contributed by atoms with van der Waals surface area (Å²) in [6.45, 7) is 4.28. The average Bonchev–Trinajstić information content (AvgIpc) is 3.02. The maximum Gasteiger partial charge on any atom is 0.238 e. The Morgan fingerprint density at radius 1 is 1.14 bits per heavy atom. The van der Waals surface area contributed by atoms with Gasteiger partial charge in [-0.1, -0.05) is 42.5 Å². The first-order valence-electron chi connectivity index (χ1n) is 10.2. The molecule has 0 unspecified atom stereocenters. The minimum atomic E-state index is -0.00522. The van der Waals surface area contributed by atoms with E-state index in [-0.39, 0.29) is 5.91 Å². The molecular weight excluding hydrogens is 360 g/mol. The molecular formula is C24H28N4O. The number of benzene rings is 2. The molecule has 3 aromatic rings. The molecule has 5 nitrogen and oxygen atoms in total. The van der Waals surface area contributed by atoms with Gasteiger partial charge in [-0.3, -0.25) is 9.69 Å². The van der Waals surface area contributed by atoms with Crippen molar-refractivity contribution < 1.29 is 4.79 Å². The van der Waals surface area contributed by atoms with E-state index < -0.39 is 0 Å². The number of fused-ring (bicyclic) bond motifs is 1. The molecule has 0 saturated heterocycles. The molecule has 0 radical (unpaired) electrons. The fraction of sp³-hybridized carbons (Fsp3) is 0.333. The molecule has 0 aliphatic heterocycles. The van der Waals surface area contributed by atoms with Crippen LogP contribution in [0.3, 0.4) is 0 Å². The van der Waals surface area contributed by atoms with Gasteiger partial charge in [0.1, 0.15) is 0 Å². The van der Waals surface area contributed by atoms with Crippen molar-refractivity contribution in [1.82, 2.24) is 14.7 Å². The molecule has 150 valence electrons. The smallest absolute Gasteiger partial charge is 0.238 e. The van der Waals surface area contributed by atoms with E-state index in [1.165, 1.54) is 11.1 Å². The Kier molecular flexibility index (Phi) is 5.49. The van der Waals surface area contributed by atoms with Crippen molar-refractivity contribution in [3.63, 3.8) is 0 Å². The Morgan fingerprint density at radius 2 is 1.86 bits per heavy atom. The van der Waals surface area contributed by atoms with Crippen LogP contribution in [-0.4, -0.2) is 34.2 Å². The van der Waals surface area contributed by atoms with Gasteiger partial charge in [0, 0.05) is 6.04 Å². The topological polar surface area (TPSA) is 50.2 Å². The van der Waals surface area contributed by atoms with Gasteiger partial charge in [-0.25, -0.2) is 4.68 Å². The lowest BCUT2D eigenvalue weighted by molar-refractivity contribution is -0.117. The quantitative estimate of drug-likeness (QED) is 0.703. The number of rotatable bonds is 5. The van der Waals surface area contributed by atoms with Crippen LogP contribution in [-0.2, 0) is 11.2 Å². The van der Waals surface area contributed by atoms with Gasteiger partial charge >= 0.3 is 0 Å². The molecule has 1 aromatic heterocycles. The van der Waals surface area contributed by atoms with Crippen molar-refractivity contribution in [3.8, 4) is 5.69 Å². The summed E-state index contributed by atoms with van der Waals surface area (Å²) in [5.74, 6) is -0.00522. The van der Waals surface area contributed by atoms with Gasteiger partial charge in [0.15, 0.2) is 0 Å². The van der Waals surface area contributed by atoms with Crippen LogP contribution in [0, 0.1) is 13.8 Å². The maximum atomic E-state index is 12.8. The van der Waals surface area contributed by atoms with Gasteiger partial charge in [0.2, 0.25) is 5.91 Å². The van der Waals surface area contributed by atoms with Crippen LogP contribution in [0.25, 0.3) is 5.69 Å². The van der Waals surface area contributed by atoms with E-state index in [4.69, 9.17) is 0 Å². The Morgan fingerprint density at radius 3 is 2.66 bits per heavy atom. The average molecular weight is 389 g/mol. The van der Waals surface area contributed by atoms with E-state index in [2.05, 4.69) is 39.6 Å². The van der Waals surface area contributed by atoms with Crippen molar-refractivity contribution in [2.45, 2.75) is 39.2 Å². The second-order valence-corrected chi connectivity index (χ2v) is 7.86. The van der Waals surface area contributed by atoms with Gasteiger partial charge in [0.25, 0.3) is 0 Å². The molecule has 4 rings (SSSR count). The highest BCUT2D eigenvalue weighted by Crippen LogP contribution is 2.33. The third kappa shape index (κ3) is 3.96. The molecule has 2 aromatic carbocycles. The molecule has 1 aliphatic rings. The van der Waals surface area contributed by atoms with Crippen LogP contribution < -0.4 is 5.32 Å². The number of likely N-dealkylation sites (N-methyl/N-ethyl adjacent to an activating group) is 1. The van der Waals surface area contributed by atoms with E-state index in [0.717, 1.165) is 42.0 Å². The summed E-state index contributed by atoms with van der Waals surface area (Å²) in [4.78, 5) is 15.0. The van der Waals surface area contributed by atoms with E-state index in [1.54, 1.807) is 0 Å². The lowest BCUT2D eigenvalue weighted by Gasteiger charge is -2.32. The number of hydrogen-bond donors (Lipinski definition) is 1. The van der Waals surface area contributed by atoms with Crippen LogP contribution in [0.15, 0.2) is 54.6 Å². The molecule has 1 atom stereocenters. The minimum Gasteiger partial charge on any atom is -0.322 e. The van der Waals surface area contributed by atoms with Crippen molar-refractivity contribution in [3.05, 3.63) is 77.1 Å². The number of aromatic nitrogens is 2. The molecule has 1 heterocycles. The zero-order chi connectivity index (χ0) is 20.4. The van der Waals surface area contributed by atoms with Gasteiger partial charge < -0.3 is 5.32 Å². The summed E-state index contributed by atoms with van der Waals surface area (Å²) in [5, 5.41) is 7.72. The second-order valence-electron chi connectivity index (χ2n) is 7.86. The normalized spacial score (nSPS) is 15.9. The Hall–Kier alpha value is -2.92. The number of nitrogens with one attached hydrogen (secondary N) is 1. The van der Waals surface area contributed by atoms with E-state index in [9.17, 15) is 4.79 Å². The van der Waals surface area contributed by atoms with Crippen LogP contribution in [0.2, 0.25) is 0 Å². The van der Waals surface area contributed by atoms with Crippen LogP contribution in [0.1, 0.15) is 41.4 Å². The molecule has 1 aliphatic carbocycles.